The van der Waals surface area contributed by atoms with Crippen molar-refractivity contribution in [2.24, 2.45) is 0 Å². The molecule has 0 aromatic heterocycles. The average Bonchev–Trinajstić information content (AvgIpc) is 2.78. The molecule has 0 aromatic carbocycles. The van der Waals surface area contributed by atoms with Crippen LogP contribution >= 0.6 is 0 Å². The second kappa shape index (κ2) is 30.0. The summed E-state index contributed by atoms with van der Waals surface area (Å²) >= 11 is 0. The minimum atomic E-state index is 1.24. The van der Waals surface area contributed by atoms with Gasteiger partial charge in [-0.25, -0.2) is 0 Å². The van der Waals surface area contributed by atoms with E-state index in [-0.39, 0.29) is 0 Å². The smallest absolute Gasteiger partial charge is 0.00489 e. The van der Waals surface area contributed by atoms with Crippen LogP contribution in [0.25, 0.3) is 0 Å². The van der Waals surface area contributed by atoms with Crippen LogP contribution in [0.4, 0.5) is 0 Å². The zero-order chi connectivity index (χ0) is 22.5. The van der Waals surface area contributed by atoms with Crippen molar-refractivity contribution < 1.29 is 0 Å². The van der Waals surface area contributed by atoms with Gasteiger partial charge in [-0.15, -0.1) is 0 Å². The zero-order valence-corrected chi connectivity index (χ0v) is 22.3. The van der Waals surface area contributed by atoms with Gasteiger partial charge >= 0.3 is 0 Å². The number of unbranched alkanes of at least 4 members (excludes halogenated alkanes) is 24. The molecule has 0 saturated heterocycles. The first-order valence-corrected chi connectivity index (χ1v) is 15.1. The van der Waals surface area contributed by atoms with E-state index in [0.717, 1.165) is 0 Å². The zero-order valence-electron chi connectivity index (χ0n) is 22.3. The molecule has 0 spiro atoms. The van der Waals surface area contributed by atoms with E-state index in [1.807, 2.05) is 0 Å². The number of hydrogen-bond donors (Lipinski definition) is 1. The Morgan fingerprint density at radius 2 is 0.452 bits per heavy atom. The van der Waals surface area contributed by atoms with Crippen molar-refractivity contribution in [1.29, 1.82) is 0 Å². The van der Waals surface area contributed by atoms with Crippen LogP contribution in [0.2, 0.25) is 0 Å². The Hall–Kier alpha value is -0.0400. The molecule has 0 bridgehead atoms. The molecule has 1 nitrogen and oxygen atoms in total. The first-order valence-electron chi connectivity index (χ1n) is 15.1. The summed E-state index contributed by atoms with van der Waals surface area (Å²) in [6.45, 7) is 7.09. The number of nitrogens with one attached hydrogen (secondary N) is 1. The lowest BCUT2D eigenvalue weighted by molar-refractivity contribution is 0.518. The fourth-order valence-corrected chi connectivity index (χ4v) is 4.66. The molecule has 0 aromatic rings. The molecule has 188 valence electrons. The van der Waals surface area contributed by atoms with Gasteiger partial charge in [0.2, 0.25) is 0 Å². The molecule has 0 aliphatic heterocycles. The van der Waals surface area contributed by atoms with E-state index < -0.39 is 0 Å². The van der Waals surface area contributed by atoms with Crippen molar-refractivity contribution in [1.82, 2.24) is 5.32 Å². The highest BCUT2D eigenvalue weighted by atomic mass is 14.8. The van der Waals surface area contributed by atoms with Gasteiger partial charge in [-0.1, -0.05) is 168 Å². The predicted octanol–water partition coefficient (Wildman–Crippen LogP) is 10.8. The van der Waals surface area contributed by atoms with Crippen LogP contribution in [0.1, 0.15) is 181 Å². The van der Waals surface area contributed by atoms with Crippen molar-refractivity contribution in [3.8, 4) is 0 Å². The van der Waals surface area contributed by atoms with E-state index in [2.05, 4.69) is 19.2 Å². The summed E-state index contributed by atoms with van der Waals surface area (Å²) in [6, 6.07) is 0. The Kier molecular flexibility index (Phi) is 29.9. The first kappa shape index (κ1) is 31.0. The minimum Gasteiger partial charge on any atom is -0.317 e. The van der Waals surface area contributed by atoms with E-state index in [0.29, 0.717) is 0 Å². The molecule has 0 aliphatic carbocycles. The van der Waals surface area contributed by atoms with Gasteiger partial charge in [0, 0.05) is 0 Å². The third-order valence-corrected chi connectivity index (χ3v) is 6.91. The van der Waals surface area contributed by atoms with E-state index in [9.17, 15) is 0 Å². The summed E-state index contributed by atoms with van der Waals surface area (Å²) in [6.07, 6.45) is 37.8. The van der Waals surface area contributed by atoms with E-state index in [1.54, 1.807) is 0 Å². The molecule has 0 radical (unpaired) electrons. The highest BCUT2D eigenvalue weighted by molar-refractivity contribution is 4.53. The fourth-order valence-electron chi connectivity index (χ4n) is 4.66. The van der Waals surface area contributed by atoms with Gasteiger partial charge in [0.25, 0.3) is 0 Å². The quantitative estimate of drug-likeness (QED) is 0.120. The van der Waals surface area contributed by atoms with Crippen molar-refractivity contribution in [3.05, 3.63) is 0 Å². The van der Waals surface area contributed by atoms with Gasteiger partial charge in [-0.2, -0.15) is 0 Å². The standard InChI is InChI=1S/C30H63N/c1-3-5-7-9-11-13-14-15-16-17-18-19-20-22-24-26-28-30-31-29-27-25-23-21-12-10-8-6-4-2/h31H,3-30H2,1-2H3. The molecule has 0 amide bonds. The Labute approximate surface area is 199 Å². The van der Waals surface area contributed by atoms with Crippen LogP contribution < -0.4 is 5.32 Å². The van der Waals surface area contributed by atoms with Crippen LogP contribution in [0.15, 0.2) is 0 Å². The van der Waals surface area contributed by atoms with Crippen molar-refractivity contribution >= 4 is 0 Å². The molecule has 0 aliphatic rings. The predicted molar refractivity (Wildman–Crippen MR) is 144 cm³/mol. The van der Waals surface area contributed by atoms with Crippen LogP contribution in [0.5, 0.6) is 0 Å². The maximum absolute atomic E-state index is 3.66. The molecule has 0 unspecified atom stereocenters. The molecule has 1 heteroatoms. The topological polar surface area (TPSA) is 12.0 Å². The third-order valence-electron chi connectivity index (χ3n) is 6.91. The largest absolute Gasteiger partial charge is 0.317 e. The fraction of sp³-hybridized carbons (Fsp3) is 1.00. The lowest BCUT2D eigenvalue weighted by Crippen LogP contribution is -2.16. The second-order valence-corrected chi connectivity index (χ2v) is 10.2. The maximum Gasteiger partial charge on any atom is -0.00489 e. The molecular weight excluding hydrogens is 374 g/mol. The van der Waals surface area contributed by atoms with Crippen LogP contribution in [-0.2, 0) is 0 Å². The summed E-state index contributed by atoms with van der Waals surface area (Å²) in [5.74, 6) is 0. The van der Waals surface area contributed by atoms with Gasteiger partial charge in [0.1, 0.15) is 0 Å². The van der Waals surface area contributed by atoms with E-state index in [1.165, 1.54) is 180 Å². The molecule has 1 N–H and O–H groups in total. The van der Waals surface area contributed by atoms with Gasteiger partial charge in [-0.3, -0.25) is 0 Å². The number of hydrogen-bond acceptors (Lipinski definition) is 1. The van der Waals surface area contributed by atoms with Crippen molar-refractivity contribution in [2.75, 3.05) is 13.1 Å². The van der Waals surface area contributed by atoms with Crippen LogP contribution in [0.3, 0.4) is 0 Å². The Balaban J connectivity index is 2.98. The van der Waals surface area contributed by atoms with Crippen LogP contribution in [-0.4, -0.2) is 13.1 Å². The SMILES string of the molecule is CCCCCCCCCCCCCCCCCCCNCCCCCCCCCCC. The highest BCUT2D eigenvalue weighted by Crippen LogP contribution is 2.14. The summed E-state index contributed by atoms with van der Waals surface area (Å²) in [7, 11) is 0. The molecule has 31 heavy (non-hydrogen) atoms. The lowest BCUT2D eigenvalue weighted by Gasteiger charge is -2.06. The summed E-state index contributed by atoms with van der Waals surface area (Å²) in [5, 5.41) is 3.66. The molecule has 0 fully saturated rings. The first-order chi connectivity index (χ1) is 15.4. The van der Waals surface area contributed by atoms with Gasteiger partial charge in [0.15, 0.2) is 0 Å². The molecule has 0 rings (SSSR count). The lowest BCUT2D eigenvalue weighted by atomic mass is 10.0. The van der Waals surface area contributed by atoms with E-state index >= 15 is 0 Å². The van der Waals surface area contributed by atoms with Crippen LogP contribution in [0, 0.1) is 0 Å². The normalized spacial score (nSPS) is 11.4. The third kappa shape index (κ3) is 30.0. The van der Waals surface area contributed by atoms with Crippen molar-refractivity contribution in [3.63, 3.8) is 0 Å². The molecular formula is C30H63N. The Bertz CT molecular complexity index is 260. The van der Waals surface area contributed by atoms with E-state index in [4.69, 9.17) is 0 Å². The second-order valence-electron chi connectivity index (χ2n) is 10.2. The summed E-state index contributed by atoms with van der Waals surface area (Å²) < 4.78 is 0. The summed E-state index contributed by atoms with van der Waals surface area (Å²) in [4.78, 5) is 0. The maximum atomic E-state index is 3.66. The average molecular weight is 438 g/mol. The molecule has 0 saturated carbocycles. The van der Waals surface area contributed by atoms with Crippen molar-refractivity contribution in [2.45, 2.75) is 181 Å². The summed E-state index contributed by atoms with van der Waals surface area (Å²) in [5.41, 5.74) is 0. The monoisotopic (exact) mass is 437 g/mol. The molecule has 0 atom stereocenters. The van der Waals surface area contributed by atoms with Gasteiger partial charge < -0.3 is 5.32 Å². The Morgan fingerprint density at radius 3 is 0.677 bits per heavy atom. The highest BCUT2D eigenvalue weighted by Gasteiger charge is 1.96. The minimum absolute atomic E-state index is 1.24. The van der Waals surface area contributed by atoms with Gasteiger partial charge in [-0.05, 0) is 25.9 Å². The van der Waals surface area contributed by atoms with Gasteiger partial charge in [0.05, 0.1) is 0 Å². The number of rotatable bonds is 28. The Morgan fingerprint density at radius 1 is 0.258 bits per heavy atom. The molecule has 0 heterocycles.